The van der Waals surface area contributed by atoms with Gasteiger partial charge in [-0.15, -0.1) is 0 Å². The van der Waals surface area contributed by atoms with Crippen molar-refractivity contribution in [1.29, 1.82) is 0 Å². The van der Waals surface area contributed by atoms with Crippen LogP contribution in [0.1, 0.15) is 15.9 Å². The molecule has 0 radical (unpaired) electrons. The lowest BCUT2D eigenvalue weighted by molar-refractivity contribution is 0.0739. The Morgan fingerprint density at radius 2 is 1.61 bits per heavy atom. The molecule has 5 rings (SSSR count). The number of halogens is 1. The van der Waals surface area contributed by atoms with Gasteiger partial charge in [0, 0.05) is 20.8 Å². The van der Waals surface area contributed by atoms with E-state index in [4.69, 9.17) is 9.72 Å². The van der Waals surface area contributed by atoms with Crippen LogP contribution in [0, 0.1) is 6.92 Å². The van der Waals surface area contributed by atoms with E-state index in [-0.39, 0.29) is 0 Å². The summed E-state index contributed by atoms with van der Waals surface area (Å²) in [5.41, 5.74) is 3.99. The Hall–Kier alpha value is -3.50. The van der Waals surface area contributed by atoms with Crippen molar-refractivity contribution >= 4 is 43.6 Å². The molecule has 0 aliphatic heterocycles. The van der Waals surface area contributed by atoms with E-state index >= 15 is 0 Å². The zero-order valence-electron chi connectivity index (χ0n) is 16.8. The minimum absolute atomic E-state index is 0.396. The summed E-state index contributed by atoms with van der Waals surface area (Å²) >= 11 is 3.47. The molecule has 0 unspecified atom stereocenters. The van der Waals surface area contributed by atoms with Gasteiger partial charge in [0.15, 0.2) is 0 Å². The summed E-state index contributed by atoms with van der Waals surface area (Å²) in [5.74, 6) is 0.152. The molecule has 0 aliphatic carbocycles. The maximum absolute atomic E-state index is 13.4. The molecule has 4 heteroatoms. The molecule has 0 atom stereocenters. The standard InChI is InChI=1S/C27H18BrNO2/c1-17-9-14-24-22(15-17)23(16-25(29-24)19-10-12-20(28)13-11-19)27(30)31-26-8-4-6-18-5-2-3-7-21(18)26/h2-16H,1H3. The number of benzene rings is 4. The number of hydrogen-bond acceptors (Lipinski definition) is 3. The molecule has 5 aromatic rings. The normalized spacial score (nSPS) is 11.0. The molecule has 0 saturated carbocycles. The molecule has 0 saturated heterocycles. The lowest BCUT2D eigenvalue weighted by atomic mass is 10.0. The molecule has 0 spiro atoms. The van der Waals surface area contributed by atoms with E-state index in [0.29, 0.717) is 11.3 Å². The number of rotatable bonds is 3. The van der Waals surface area contributed by atoms with E-state index in [1.807, 2.05) is 97.9 Å². The van der Waals surface area contributed by atoms with Crippen LogP contribution in [-0.2, 0) is 0 Å². The average molecular weight is 468 g/mol. The first-order valence-corrected chi connectivity index (χ1v) is 10.7. The van der Waals surface area contributed by atoms with Crippen LogP contribution in [0.25, 0.3) is 32.9 Å². The molecular formula is C27H18BrNO2. The first kappa shape index (κ1) is 19.5. The fourth-order valence-corrected chi connectivity index (χ4v) is 3.98. The van der Waals surface area contributed by atoms with Crippen molar-refractivity contribution in [3.63, 3.8) is 0 Å². The van der Waals surface area contributed by atoms with E-state index in [0.717, 1.165) is 43.0 Å². The highest BCUT2D eigenvalue weighted by Crippen LogP contribution is 2.30. The van der Waals surface area contributed by atoms with Crippen molar-refractivity contribution in [3.8, 4) is 17.0 Å². The topological polar surface area (TPSA) is 39.2 Å². The van der Waals surface area contributed by atoms with Crippen LogP contribution >= 0.6 is 15.9 Å². The lowest BCUT2D eigenvalue weighted by Crippen LogP contribution is -2.10. The Morgan fingerprint density at radius 1 is 0.839 bits per heavy atom. The summed E-state index contributed by atoms with van der Waals surface area (Å²) in [4.78, 5) is 18.2. The third-order valence-electron chi connectivity index (χ3n) is 5.28. The average Bonchev–Trinajstić information content (AvgIpc) is 2.79. The number of ether oxygens (including phenoxy) is 1. The second kappa shape index (κ2) is 7.97. The predicted octanol–water partition coefficient (Wildman–Crippen LogP) is 7.35. The van der Waals surface area contributed by atoms with Gasteiger partial charge in [-0.25, -0.2) is 9.78 Å². The van der Waals surface area contributed by atoms with Gasteiger partial charge in [0.05, 0.1) is 16.8 Å². The number of carbonyl (C=O) groups is 1. The monoisotopic (exact) mass is 467 g/mol. The molecular weight excluding hydrogens is 450 g/mol. The molecule has 0 aliphatic rings. The molecule has 3 nitrogen and oxygen atoms in total. The Balaban J connectivity index is 1.64. The first-order chi connectivity index (χ1) is 15.1. The van der Waals surface area contributed by atoms with Crippen molar-refractivity contribution in [3.05, 3.63) is 107 Å². The van der Waals surface area contributed by atoms with Crippen LogP contribution in [0.15, 0.2) is 95.5 Å². The Kier molecular flexibility index (Phi) is 5.00. The van der Waals surface area contributed by atoms with Crippen LogP contribution < -0.4 is 4.74 Å². The van der Waals surface area contributed by atoms with E-state index < -0.39 is 5.97 Å². The molecule has 0 amide bonds. The highest BCUT2D eigenvalue weighted by Gasteiger charge is 2.17. The molecule has 0 N–H and O–H groups in total. The Bertz CT molecular complexity index is 1440. The number of aryl methyl sites for hydroxylation is 1. The fraction of sp³-hybridized carbons (Fsp3) is 0.0370. The van der Waals surface area contributed by atoms with Crippen molar-refractivity contribution in [2.45, 2.75) is 6.92 Å². The quantitative estimate of drug-likeness (QED) is 0.205. The van der Waals surface area contributed by atoms with E-state index in [1.54, 1.807) is 0 Å². The molecule has 1 heterocycles. The number of fused-ring (bicyclic) bond motifs is 2. The molecule has 31 heavy (non-hydrogen) atoms. The van der Waals surface area contributed by atoms with Gasteiger partial charge in [-0.3, -0.25) is 0 Å². The van der Waals surface area contributed by atoms with Gasteiger partial charge in [-0.1, -0.05) is 76.1 Å². The minimum atomic E-state index is -0.396. The SMILES string of the molecule is Cc1ccc2nc(-c3ccc(Br)cc3)cc(C(=O)Oc3cccc4ccccc34)c2c1. The largest absolute Gasteiger partial charge is 0.422 e. The molecule has 150 valence electrons. The van der Waals surface area contributed by atoms with Crippen molar-refractivity contribution in [2.24, 2.45) is 0 Å². The molecule has 0 fully saturated rings. The predicted molar refractivity (Wildman–Crippen MR) is 129 cm³/mol. The number of nitrogens with zero attached hydrogens (tertiary/aromatic N) is 1. The summed E-state index contributed by atoms with van der Waals surface area (Å²) in [6.07, 6.45) is 0. The smallest absolute Gasteiger partial charge is 0.344 e. The third-order valence-corrected chi connectivity index (χ3v) is 5.81. The molecule has 0 bridgehead atoms. The maximum atomic E-state index is 13.4. The van der Waals surface area contributed by atoms with Crippen molar-refractivity contribution < 1.29 is 9.53 Å². The summed E-state index contributed by atoms with van der Waals surface area (Å²) in [6, 6.07) is 29.2. The van der Waals surface area contributed by atoms with Crippen molar-refractivity contribution in [1.82, 2.24) is 4.98 Å². The van der Waals surface area contributed by atoms with Gasteiger partial charge in [0.1, 0.15) is 5.75 Å². The summed E-state index contributed by atoms with van der Waals surface area (Å²) in [6.45, 7) is 2.00. The summed E-state index contributed by atoms with van der Waals surface area (Å²) in [5, 5.41) is 2.71. The van der Waals surface area contributed by atoms with Crippen LogP contribution in [0.5, 0.6) is 5.75 Å². The van der Waals surface area contributed by atoms with Crippen molar-refractivity contribution in [2.75, 3.05) is 0 Å². The second-order valence-corrected chi connectivity index (χ2v) is 8.37. The minimum Gasteiger partial charge on any atom is -0.422 e. The van der Waals surface area contributed by atoms with Gasteiger partial charge >= 0.3 is 5.97 Å². The third kappa shape index (κ3) is 3.82. The van der Waals surface area contributed by atoms with Crippen LogP contribution in [0.3, 0.4) is 0 Å². The maximum Gasteiger partial charge on any atom is 0.344 e. The molecule has 1 aromatic heterocycles. The number of aromatic nitrogens is 1. The Morgan fingerprint density at radius 3 is 2.45 bits per heavy atom. The molecule has 4 aromatic carbocycles. The zero-order chi connectivity index (χ0) is 21.4. The van der Waals surface area contributed by atoms with Gasteiger partial charge < -0.3 is 4.74 Å². The zero-order valence-corrected chi connectivity index (χ0v) is 18.4. The van der Waals surface area contributed by atoms with Crippen LogP contribution in [0.4, 0.5) is 0 Å². The van der Waals surface area contributed by atoms with E-state index in [2.05, 4.69) is 15.9 Å². The Labute approximate surface area is 188 Å². The first-order valence-electron chi connectivity index (χ1n) is 9.96. The van der Waals surface area contributed by atoms with Gasteiger partial charge in [0.2, 0.25) is 0 Å². The van der Waals surface area contributed by atoms with E-state index in [1.165, 1.54) is 0 Å². The second-order valence-electron chi connectivity index (χ2n) is 7.45. The lowest BCUT2D eigenvalue weighted by Gasteiger charge is -2.12. The van der Waals surface area contributed by atoms with Gasteiger partial charge in [-0.2, -0.15) is 0 Å². The highest BCUT2D eigenvalue weighted by atomic mass is 79.9. The fourth-order valence-electron chi connectivity index (χ4n) is 3.72. The number of esters is 1. The summed E-state index contributed by atoms with van der Waals surface area (Å²) in [7, 11) is 0. The number of hydrogen-bond donors (Lipinski definition) is 0. The number of pyridine rings is 1. The number of carbonyl (C=O) groups excluding carboxylic acids is 1. The van der Waals surface area contributed by atoms with Gasteiger partial charge in [0.25, 0.3) is 0 Å². The van der Waals surface area contributed by atoms with Crippen LogP contribution in [0.2, 0.25) is 0 Å². The summed E-state index contributed by atoms with van der Waals surface area (Å²) < 4.78 is 6.89. The van der Waals surface area contributed by atoms with Gasteiger partial charge in [-0.05, 0) is 48.7 Å². The van der Waals surface area contributed by atoms with E-state index in [9.17, 15) is 4.79 Å². The highest BCUT2D eigenvalue weighted by molar-refractivity contribution is 9.10. The van der Waals surface area contributed by atoms with Crippen LogP contribution in [-0.4, -0.2) is 11.0 Å².